The van der Waals surface area contributed by atoms with Gasteiger partial charge in [-0.15, -0.1) is 0 Å². The zero-order valence-electron chi connectivity index (χ0n) is 14.4. The molecule has 0 radical (unpaired) electrons. The highest BCUT2D eigenvalue weighted by Gasteiger charge is 1.85. The Kier molecular flexibility index (Phi) is 13.2. The van der Waals surface area contributed by atoms with Crippen molar-refractivity contribution in [3.05, 3.63) is 71.8 Å². The highest BCUT2D eigenvalue weighted by Crippen LogP contribution is 1.97. The zero-order valence-corrected chi connectivity index (χ0v) is 14.4. The van der Waals surface area contributed by atoms with Gasteiger partial charge < -0.3 is 16.0 Å². The SMILES string of the molecule is CN(C)C.CNCc1ccccc1.NCCc1ccccc1. The Hall–Kier alpha value is -1.68. The Bertz CT molecular complexity index is 396. The Labute approximate surface area is 136 Å². The van der Waals surface area contributed by atoms with Crippen LogP contribution in [-0.2, 0) is 13.0 Å². The van der Waals surface area contributed by atoms with E-state index in [1.807, 2.05) is 69.5 Å². The second kappa shape index (κ2) is 14.3. The first kappa shape index (κ1) is 20.3. The maximum Gasteiger partial charge on any atom is 0.0202 e. The van der Waals surface area contributed by atoms with Crippen molar-refractivity contribution in [3.8, 4) is 0 Å². The van der Waals surface area contributed by atoms with Crippen molar-refractivity contribution < 1.29 is 0 Å². The molecule has 0 aliphatic rings. The van der Waals surface area contributed by atoms with E-state index >= 15 is 0 Å². The van der Waals surface area contributed by atoms with Crippen molar-refractivity contribution in [2.45, 2.75) is 13.0 Å². The average Bonchev–Trinajstić information content (AvgIpc) is 2.50. The monoisotopic (exact) mass is 301 g/mol. The highest BCUT2D eigenvalue weighted by atomic mass is 15.0. The molecule has 2 aromatic rings. The molecule has 0 saturated heterocycles. The van der Waals surface area contributed by atoms with Crippen LogP contribution in [0.1, 0.15) is 11.1 Å². The fourth-order valence-corrected chi connectivity index (χ4v) is 1.61. The second-order valence-corrected chi connectivity index (χ2v) is 5.38. The van der Waals surface area contributed by atoms with Gasteiger partial charge in [0.25, 0.3) is 0 Å². The third-order valence-electron chi connectivity index (χ3n) is 2.50. The van der Waals surface area contributed by atoms with Crippen molar-refractivity contribution in [1.29, 1.82) is 0 Å². The van der Waals surface area contributed by atoms with Gasteiger partial charge in [-0.25, -0.2) is 0 Å². The normalized spacial score (nSPS) is 9.36. The number of nitrogens with two attached hydrogens (primary N) is 1. The lowest BCUT2D eigenvalue weighted by Crippen LogP contribution is -2.04. The van der Waals surface area contributed by atoms with Crippen LogP contribution in [0.3, 0.4) is 0 Å². The van der Waals surface area contributed by atoms with Gasteiger partial charge in [0, 0.05) is 6.54 Å². The predicted molar refractivity (Wildman–Crippen MR) is 98.0 cm³/mol. The van der Waals surface area contributed by atoms with E-state index in [1.54, 1.807) is 0 Å². The van der Waals surface area contributed by atoms with E-state index in [9.17, 15) is 0 Å². The summed E-state index contributed by atoms with van der Waals surface area (Å²) >= 11 is 0. The first-order valence-electron chi connectivity index (χ1n) is 7.63. The zero-order chi connectivity index (χ0) is 16.6. The first-order valence-corrected chi connectivity index (χ1v) is 7.63. The molecule has 0 aromatic heterocycles. The Balaban J connectivity index is 0.000000326. The summed E-state index contributed by atoms with van der Waals surface area (Å²) in [6.45, 7) is 1.70. The number of rotatable bonds is 4. The number of nitrogens with one attached hydrogen (secondary N) is 1. The molecule has 0 spiro atoms. The molecule has 3 heteroatoms. The third-order valence-corrected chi connectivity index (χ3v) is 2.50. The minimum absolute atomic E-state index is 0.740. The summed E-state index contributed by atoms with van der Waals surface area (Å²) in [6.07, 6.45) is 0.987. The molecule has 0 heterocycles. The Morgan fingerprint density at radius 1 is 0.818 bits per heavy atom. The van der Waals surface area contributed by atoms with E-state index in [0.29, 0.717) is 0 Å². The second-order valence-electron chi connectivity index (χ2n) is 5.38. The van der Waals surface area contributed by atoms with Crippen LogP contribution in [0.4, 0.5) is 0 Å². The topological polar surface area (TPSA) is 41.3 Å². The summed E-state index contributed by atoms with van der Waals surface area (Å²) in [5, 5.41) is 3.08. The van der Waals surface area contributed by atoms with Gasteiger partial charge in [-0.1, -0.05) is 60.7 Å². The molecular weight excluding hydrogens is 270 g/mol. The van der Waals surface area contributed by atoms with Crippen molar-refractivity contribution in [2.24, 2.45) is 5.73 Å². The van der Waals surface area contributed by atoms with Crippen molar-refractivity contribution >= 4 is 0 Å². The average molecular weight is 301 g/mol. The van der Waals surface area contributed by atoms with Crippen LogP contribution in [-0.4, -0.2) is 39.6 Å². The first-order chi connectivity index (χ1) is 10.6. The van der Waals surface area contributed by atoms with Crippen LogP contribution < -0.4 is 11.1 Å². The maximum atomic E-state index is 5.36. The highest BCUT2D eigenvalue weighted by molar-refractivity contribution is 5.15. The Morgan fingerprint density at radius 2 is 1.23 bits per heavy atom. The summed E-state index contributed by atoms with van der Waals surface area (Å²) in [6, 6.07) is 20.6. The van der Waals surface area contributed by atoms with Crippen molar-refractivity contribution in [2.75, 3.05) is 34.7 Å². The molecule has 3 N–H and O–H groups in total. The predicted octanol–water partition coefficient (Wildman–Crippen LogP) is 2.77. The van der Waals surface area contributed by atoms with E-state index in [2.05, 4.69) is 29.6 Å². The molecule has 0 aliphatic carbocycles. The fourth-order valence-electron chi connectivity index (χ4n) is 1.61. The van der Waals surface area contributed by atoms with Gasteiger partial charge in [-0.3, -0.25) is 0 Å². The van der Waals surface area contributed by atoms with Gasteiger partial charge in [0.05, 0.1) is 0 Å². The lowest BCUT2D eigenvalue weighted by molar-refractivity contribution is 0.505. The quantitative estimate of drug-likeness (QED) is 0.912. The molecular formula is C19H31N3. The number of benzene rings is 2. The van der Waals surface area contributed by atoms with Gasteiger partial charge in [-0.05, 0) is 52.3 Å². The van der Waals surface area contributed by atoms with E-state index < -0.39 is 0 Å². The molecule has 0 saturated carbocycles. The molecule has 0 fully saturated rings. The molecule has 0 atom stereocenters. The fraction of sp³-hybridized carbons (Fsp3) is 0.368. The van der Waals surface area contributed by atoms with Crippen LogP contribution in [0, 0.1) is 0 Å². The molecule has 3 nitrogen and oxygen atoms in total. The van der Waals surface area contributed by atoms with Gasteiger partial charge in [0.1, 0.15) is 0 Å². The number of hydrogen-bond donors (Lipinski definition) is 2. The molecule has 2 aromatic carbocycles. The van der Waals surface area contributed by atoms with Crippen LogP contribution in [0.5, 0.6) is 0 Å². The van der Waals surface area contributed by atoms with Gasteiger partial charge in [-0.2, -0.15) is 0 Å². The summed E-state index contributed by atoms with van der Waals surface area (Å²) in [5.74, 6) is 0. The summed E-state index contributed by atoms with van der Waals surface area (Å²) in [7, 11) is 7.95. The summed E-state index contributed by atoms with van der Waals surface area (Å²) in [4.78, 5) is 2.00. The van der Waals surface area contributed by atoms with Crippen molar-refractivity contribution in [3.63, 3.8) is 0 Å². The van der Waals surface area contributed by atoms with E-state index in [-0.39, 0.29) is 0 Å². The van der Waals surface area contributed by atoms with Crippen LogP contribution in [0.25, 0.3) is 0 Å². The molecule has 122 valence electrons. The smallest absolute Gasteiger partial charge is 0.0202 e. The van der Waals surface area contributed by atoms with E-state index in [0.717, 1.165) is 19.5 Å². The third kappa shape index (κ3) is 13.3. The lowest BCUT2D eigenvalue weighted by Gasteiger charge is -1.95. The Morgan fingerprint density at radius 3 is 1.59 bits per heavy atom. The minimum Gasteiger partial charge on any atom is -0.330 e. The van der Waals surface area contributed by atoms with Crippen molar-refractivity contribution in [1.82, 2.24) is 10.2 Å². The van der Waals surface area contributed by atoms with Gasteiger partial charge in [0.2, 0.25) is 0 Å². The molecule has 0 amide bonds. The molecule has 22 heavy (non-hydrogen) atoms. The summed E-state index contributed by atoms with van der Waals surface area (Å²) < 4.78 is 0. The van der Waals surface area contributed by atoms with Crippen LogP contribution in [0.2, 0.25) is 0 Å². The molecule has 0 unspecified atom stereocenters. The van der Waals surface area contributed by atoms with Crippen LogP contribution >= 0.6 is 0 Å². The van der Waals surface area contributed by atoms with E-state index in [4.69, 9.17) is 5.73 Å². The van der Waals surface area contributed by atoms with Gasteiger partial charge in [0.15, 0.2) is 0 Å². The standard InChI is InChI=1S/2C8H11N.C3H9N/c1-9-7-8-5-3-2-4-6-8;9-7-6-8-4-2-1-3-5-8;1-4(2)3/h2-6,9H,7H2,1H3;1-5H,6-7,9H2;1-3H3. The number of hydrogen-bond acceptors (Lipinski definition) is 3. The largest absolute Gasteiger partial charge is 0.330 e. The lowest BCUT2D eigenvalue weighted by atomic mass is 10.2. The van der Waals surface area contributed by atoms with Crippen LogP contribution in [0.15, 0.2) is 60.7 Å². The molecule has 2 rings (SSSR count). The summed E-state index contributed by atoms with van der Waals surface area (Å²) in [5.41, 5.74) is 8.01. The maximum absolute atomic E-state index is 5.36. The number of nitrogens with zero attached hydrogens (tertiary/aromatic N) is 1. The van der Waals surface area contributed by atoms with Gasteiger partial charge >= 0.3 is 0 Å². The minimum atomic E-state index is 0.740. The molecule has 0 aliphatic heterocycles. The van der Waals surface area contributed by atoms with E-state index in [1.165, 1.54) is 11.1 Å². The molecule has 0 bridgehead atoms.